The van der Waals surface area contributed by atoms with Gasteiger partial charge in [0.15, 0.2) is 11.9 Å². The highest BCUT2D eigenvalue weighted by Gasteiger charge is 2.45. The smallest absolute Gasteiger partial charge is 0.300 e. The Bertz CT molecular complexity index is 917. The normalized spacial score (nSPS) is 28.0. The van der Waals surface area contributed by atoms with E-state index in [0.29, 0.717) is 5.02 Å². The first-order valence-corrected chi connectivity index (χ1v) is 8.70. The van der Waals surface area contributed by atoms with Crippen LogP contribution in [0.2, 0.25) is 5.02 Å². The van der Waals surface area contributed by atoms with Crippen molar-refractivity contribution in [2.24, 2.45) is 0 Å². The van der Waals surface area contributed by atoms with E-state index in [9.17, 15) is 25.2 Å². The Morgan fingerprint density at radius 2 is 1.82 bits per heavy atom. The molecule has 0 saturated carbocycles. The van der Waals surface area contributed by atoms with Gasteiger partial charge in [0.25, 0.3) is 0 Å². The second-order valence-corrected chi connectivity index (χ2v) is 6.65. The minimum atomic E-state index is -1.62. The Labute approximate surface area is 164 Å². The summed E-state index contributed by atoms with van der Waals surface area (Å²) in [5, 5.41) is 44.0. The highest BCUT2D eigenvalue weighted by molar-refractivity contribution is 6.30. The van der Waals surface area contributed by atoms with E-state index in [-0.39, 0.29) is 11.6 Å². The standard InChI is InChI=1S/C17H19ClN4O6/c18-9-4-1-8(2-5-9)3-6-10-15(27)20-17(19)22(21-10)16-14(26)13(25)12(24)11(7-23)28-16/h1-6,11-14,16,23-26H,7H2,(H2,19,20,27)/b6-3+/t11-,12-,13+,14-,16-/m1/s1. The van der Waals surface area contributed by atoms with E-state index >= 15 is 0 Å². The van der Waals surface area contributed by atoms with E-state index in [4.69, 9.17) is 22.1 Å². The van der Waals surface area contributed by atoms with Crippen LogP contribution < -0.4 is 11.3 Å². The molecule has 1 saturated heterocycles. The van der Waals surface area contributed by atoms with Gasteiger partial charge >= 0.3 is 5.56 Å². The van der Waals surface area contributed by atoms with Crippen molar-refractivity contribution in [1.29, 1.82) is 0 Å². The van der Waals surface area contributed by atoms with E-state index in [1.54, 1.807) is 30.3 Å². The fourth-order valence-corrected chi connectivity index (χ4v) is 2.87. The van der Waals surface area contributed by atoms with E-state index in [1.807, 2.05) is 0 Å². The summed E-state index contributed by atoms with van der Waals surface area (Å²) in [6, 6.07) is 6.84. The zero-order chi connectivity index (χ0) is 20.4. The maximum Gasteiger partial charge on any atom is 0.300 e. The molecule has 28 heavy (non-hydrogen) atoms. The summed E-state index contributed by atoms with van der Waals surface area (Å²) in [5.41, 5.74) is 5.68. The van der Waals surface area contributed by atoms with Gasteiger partial charge in [-0.15, -0.1) is 0 Å². The molecule has 2 heterocycles. The molecule has 0 unspecified atom stereocenters. The number of aromatic nitrogens is 3. The third kappa shape index (κ3) is 4.07. The van der Waals surface area contributed by atoms with E-state index in [0.717, 1.165) is 10.2 Å². The van der Waals surface area contributed by atoms with Crippen LogP contribution in [0.15, 0.2) is 29.1 Å². The number of nitrogens with zero attached hydrogens (tertiary/aromatic N) is 3. The summed E-state index contributed by atoms with van der Waals surface area (Å²) in [4.78, 5) is 15.8. The van der Waals surface area contributed by atoms with Gasteiger partial charge in [-0.2, -0.15) is 10.1 Å². The molecule has 6 N–H and O–H groups in total. The van der Waals surface area contributed by atoms with Gasteiger partial charge < -0.3 is 30.9 Å². The lowest BCUT2D eigenvalue weighted by Gasteiger charge is -2.40. The number of ether oxygens (including phenoxy) is 1. The predicted octanol–water partition coefficient (Wildman–Crippen LogP) is -0.983. The number of aliphatic hydroxyl groups is 4. The van der Waals surface area contributed by atoms with Crippen molar-refractivity contribution in [2.75, 3.05) is 12.3 Å². The van der Waals surface area contributed by atoms with Gasteiger partial charge in [-0.05, 0) is 23.8 Å². The number of aliphatic hydroxyl groups excluding tert-OH is 4. The van der Waals surface area contributed by atoms with Crippen LogP contribution in [0.3, 0.4) is 0 Å². The lowest BCUT2D eigenvalue weighted by atomic mass is 9.98. The second-order valence-electron chi connectivity index (χ2n) is 6.21. The molecule has 1 aromatic heterocycles. The highest BCUT2D eigenvalue weighted by atomic mass is 35.5. The molecule has 5 atom stereocenters. The number of hydrogen-bond donors (Lipinski definition) is 5. The molecule has 2 aromatic rings. The van der Waals surface area contributed by atoms with Crippen LogP contribution in [0.25, 0.3) is 12.2 Å². The second kappa shape index (κ2) is 8.35. The van der Waals surface area contributed by atoms with Gasteiger partial charge in [-0.3, -0.25) is 4.79 Å². The number of rotatable bonds is 4. The summed E-state index contributed by atoms with van der Waals surface area (Å²) in [7, 11) is 0. The third-order valence-corrected chi connectivity index (χ3v) is 4.55. The quantitative estimate of drug-likeness (QED) is 0.426. The summed E-state index contributed by atoms with van der Waals surface area (Å²) < 4.78 is 6.32. The van der Waals surface area contributed by atoms with Gasteiger partial charge in [-0.1, -0.05) is 29.8 Å². The third-order valence-electron chi connectivity index (χ3n) is 4.30. The molecule has 1 aliphatic heterocycles. The monoisotopic (exact) mass is 410 g/mol. The summed E-state index contributed by atoms with van der Waals surface area (Å²) >= 11 is 5.83. The van der Waals surface area contributed by atoms with Gasteiger partial charge in [0.1, 0.15) is 24.4 Å². The minimum Gasteiger partial charge on any atom is -0.394 e. The van der Waals surface area contributed by atoms with Gasteiger partial charge in [0, 0.05) is 5.02 Å². The Balaban J connectivity index is 1.95. The minimum absolute atomic E-state index is 0.0962. The summed E-state index contributed by atoms with van der Waals surface area (Å²) in [6.45, 7) is -0.613. The van der Waals surface area contributed by atoms with Crippen molar-refractivity contribution >= 4 is 29.7 Å². The molecule has 0 amide bonds. The zero-order valence-corrected chi connectivity index (χ0v) is 15.2. The number of halogens is 1. The first kappa shape index (κ1) is 20.4. The molecule has 150 valence electrons. The first-order valence-electron chi connectivity index (χ1n) is 8.32. The number of nitrogen functional groups attached to an aromatic ring is 1. The molecular formula is C17H19ClN4O6. The van der Waals surface area contributed by atoms with Crippen molar-refractivity contribution in [3.63, 3.8) is 0 Å². The Morgan fingerprint density at radius 1 is 1.14 bits per heavy atom. The Morgan fingerprint density at radius 3 is 2.46 bits per heavy atom. The summed E-state index contributed by atoms with van der Waals surface area (Å²) in [6.07, 6.45) is -4.29. The molecule has 1 aliphatic rings. The highest BCUT2D eigenvalue weighted by Crippen LogP contribution is 2.28. The maximum atomic E-state index is 12.1. The topological polar surface area (TPSA) is 164 Å². The van der Waals surface area contributed by atoms with Gasteiger partial charge in [0.05, 0.1) is 6.61 Å². The summed E-state index contributed by atoms with van der Waals surface area (Å²) in [5.74, 6) is -0.363. The van der Waals surface area contributed by atoms with Crippen LogP contribution in [-0.4, -0.2) is 66.2 Å². The van der Waals surface area contributed by atoms with Crippen LogP contribution in [0.1, 0.15) is 17.5 Å². The van der Waals surface area contributed by atoms with Crippen LogP contribution in [0, 0.1) is 0 Å². The molecule has 11 heteroatoms. The van der Waals surface area contributed by atoms with Crippen LogP contribution in [0.4, 0.5) is 5.95 Å². The molecule has 1 aromatic carbocycles. The van der Waals surface area contributed by atoms with Gasteiger partial charge in [-0.25, -0.2) is 4.68 Å². The molecular weight excluding hydrogens is 392 g/mol. The average molecular weight is 411 g/mol. The number of benzene rings is 1. The fourth-order valence-electron chi connectivity index (χ4n) is 2.75. The van der Waals surface area contributed by atoms with Crippen molar-refractivity contribution in [1.82, 2.24) is 14.8 Å². The Hall–Kier alpha value is -2.34. The molecule has 0 aliphatic carbocycles. The predicted molar refractivity (Wildman–Crippen MR) is 100 cm³/mol. The number of nitrogens with two attached hydrogens (primary N) is 1. The van der Waals surface area contributed by atoms with Crippen LogP contribution >= 0.6 is 11.6 Å². The molecule has 10 nitrogen and oxygen atoms in total. The Kier molecular flexibility index (Phi) is 6.08. The molecule has 0 spiro atoms. The van der Waals surface area contributed by atoms with E-state index in [2.05, 4.69) is 10.1 Å². The van der Waals surface area contributed by atoms with E-state index < -0.39 is 42.8 Å². The number of anilines is 1. The van der Waals surface area contributed by atoms with Crippen molar-refractivity contribution < 1.29 is 25.2 Å². The first-order chi connectivity index (χ1) is 13.3. The number of hydrogen-bond acceptors (Lipinski definition) is 9. The van der Waals surface area contributed by atoms with Crippen molar-refractivity contribution in [3.8, 4) is 0 Å². The lowest BCUT2D eigenvalue weighted by molar-refractivity contribution is -0.253. The van der Waals surface area contributed by atoms with Crippen LogP contribution in [-0.2, 0) is 4.74 Å². The largest absolute Gasteiger partial charge is 0.394 e. The van der Waals surface area contributed by atoms with Gasteiger partial charge in [0.2, 0.25) is 5.95 Å². The molecule has 3 rings (SSSR count). The fraction of sp³-hybridized carbons (Fsp3) is 0.353. The molecule has 0 radical (unpaired) electrons. The van der Waals surface area contributed by atoms with E-state index in [1.165, 1.54) is 6.08 Å². The van der Waals surface area contributed by atoms with Crippen LogP contribution in [0.5, 0.6) is 0 Å². The average Bonchev–Trinajstić information content (AvgIpc) is 2.67. The molecule has 1 fully saturated rings. The van der Waals surface area contributed by atoms with Crippen molar-refractivity contribution in [2.45, 2.75) is 30.6 Å². The zero-order valence-electron chi connectivity index (χ0n) is 14.5. The lowest BCUT2D eigenvalue weighted by Crippen LogP contribution is -2.57. The molecule has 0 bridgehead atoms. The maximum absolute atomic E-state index is 12.1. The SMILES string of the molecule is Nc1nc(=O)c(/C=C/c2ccc(Cl)cc2)nn1[C@@H]1O[C@H](CO)[C@@H](O)[C@H](O)[C@H]1O. The van der Waals surface area contributed by atoms with Crippen molar-refractivity contribution in [3.05, 3.63) is 50.9 Å².